The van der Waals surface area contributed by atoms with Gasteiger partial charge in [0.2, 0.25) is 5.76 Å². The largest absolute Gasteiger partial charge is 0.547 e. The SMILES string of the molecule is CC(=O)c1cccc2c1OB(O)[C@@H](NC(=O)c1cnco1)C2. The molecular formula is C14H13BN2O5. The Labute approximate surface area is 126 Å². The van der Waals surface area contributed by atoms with Crippen molar-refractivity contribution in [1.29, 1.82) is 0 Å². The third-order valence-electron chi connectivity index (χ3n) is 3.47. The lowest BCUT2D eigenvalue weighted by Crippen LogP contribution is -2.53. The normalized spacial score (nSPS) is 16.6. The number of carbonyl (C=O) groups excluding carboxylic acids is 2. The predicted molar refractivity (Wildman–Crippen MR) is 76.5 cm³/mol. The number of fused-ring (bicyclic) bond motifs is 1. The molecule has 7 nitrogen and oxygen atoms in total. The number of hydrogen-bond acceptors (Lipinski definition) is 6. The fourth-order valence-corrected chi connectivity index (χ4v) is 2.39. The molecule has 0 unspecified atom stereocenters. The molecule has 2 heterocycles. The zero-order chi connectivity index (χ0) is 15.7. The molecule has 1 aliphatic rings. The number of amides is 1. The summed E-state index contributed by atoms with van der Waals surface area (Å²) in [5, 5.41) is 12.7. The van der Waals surface area contributed by atoms with E-state index in [-0.39, 0.29) is 11.5 Å². The van der Waals surface area contributed by atoms with Crippen LogP contribution in [0.2, 0.25) is 0 Å². The van der Waals surface area contributed by atoms with Gasteiger partial charge in [-0.25, -0.2) is 4.98 Å². The fraction of sp³-hybridized carbons (Fsp3) is 0.214. The Hall–Kier alpha value is -2.61. The monoisotopic (exact) mass is 300 g/mol. The van der Waals surface area contributed by atoms with E-state index >= 15 is 0 Å². The molecule has 8 heteroatoms. The van der Waals surface area contributed by atoms with Crippen molar-refractivity contribution < 1.29 is 23.7 Å². The quantitative estimate of drug-likeness (QED) is 0.637. The first kappa shape index (κ1) is 14.3. The number of hydrogen-bond donors (Lipinski definition) is 2. The third-order valence-corrected chi connectivity index (χ3v) is 3.47. The molecular weight excluding hydrogens is 287 g/mol. The highest BCUT2D eigenvalue weighted by atomic mass is 16.5. The molecule has 0 saturated heterocycles. The Bertz CT molecular complexity index is 716. The highest BCUT2D eigenvalue weighted by Crippen LogP contribution is 2.30. The minimum Gasteiger partial charge on any atom is -0.534 e. The summed E-state index contributed by atoms with van der Waals surface area (Å²) in [6.45, 7) is 1.43. The van der Waals surface area contributed by atoms with E-state index in [1.165, 1.54) is 13.1 Å². The van der Waals surface area contributed by atoms with Crippen LogP contribution in [0.3, 0.4) is 0 Å². The van der Waals surface area contributed by atoms with Crippen LogP contribution in [-0.2, 0) is 6.42 Å². The second-order valence-electron chi connectivity index (χ2n) is 5.01. The number of nitrogens with one attached hydrogen (secondary N) is 1. The molecule has 0 radical (unpaired) electrons. The summed E-state index contributed by atoms with van der Waals surface area (Å²) in [5.74, 6) is -0.861. The van der Waals surface area contributed by atoms with Gasteiger partial charge in [-0.2, -0.15) is 0 Å². The average Bonchev–Trinajstić information content (AvgIpc) is 3.01. The van der Waals surface area contributed by atoms with Crippen LogP contribution in [0.5, 0.6) is 5.75 Å². The number of carbonyl (C=O) groups is 2. The van der Waals surface area contributed by atoms with Gasteiger partial charge >= 0.3 is 7.12 Å². The average molecular weight is 300 g/mol. The van der Waals surface area contributed by atoms with E-state index < -0.39 is 19.0 Å². The zero-order valence-corrected chi connectivity index (χ0v) is 11.8. The first-order valence-corrected chi connectivity index (χ1v) is 6.73. The van der Waals surface area contributed by atoms with Crippen LogP contribution in [0.15, 0.2) is 35.2 Å². The Morgan fingerprint density at radius 2 is 2.27 bits per heavy atom. The Kier molecular flexibility index (Phi) is 3.68. The smallest absolute Gasteiger partial charge is 0.534 e. The topological polar surface area (TPSA) is 102 Å². The lowest BCUT2D eigenvalue weighted by molar-refractivity contribution is 0.0911. The molecule has 1 aliphatic heterocycles. The van der Waals surface area contributed by atoms with Gasteiger partial charge < -0.3 is 19.4 Å². The maximum Gasteiger partial charge on any atom is 0.547 e. The summed E-state index contributed by atoms with van der Waals surface area (Å²) in [5.41, 5.74) is 1.16. The van der Waals surface area contributed by atoms with Crippen LogP contribution < -0.4 is 9.97 Å². The lowest BCUT2D eigenvalue weighted by atomic mass is 9.72. The number of para-hydroxylation sites is 1. The molecule has 1 aromatic carbocycles. The zero-order valence-electron chi connectivity index (χ0n) is 11.8. The number of benzene rings is 1. The van der Waals surface area contributed by atoms with Gasteiger partial charge in [0.05, 0.1) is 17.7 Å². The van der Waals surface area contributed by atoms with Gasteiger partial charge in [0.15, 0.2) is 12.2 Å². The molecule has 1 amide bonds. The van der Waals surface area contributed by atoms with E-state index in [2.05, 4.69) is 10.3 Å². The van der Waals surface area contributed by atoms with Crippen LogP contribution in [-0.4, -0.2) is 34.8 Å². The number of rotatable bonds is 3. The second-order valence-corrected chi connectivity index (χ2v) is 5.01. The van der Waals surface area contributed by atoms with Crippen molar-refractivity contribution in [3.05, 3.63) is 47.7 Å². The van der Waals surface area contributed by atoms with Gasteiger partial charge in [0, 0.05) is 0 Å². The molecule has 3 rings (SSSR count). The van der Waals surface area contributed by atoms with E-state index in [0.29, 0.717) is 17.7 Å². The van der Waals surface area contributed by atoms with Crippen molar-refractivity contribution in [2.24, 2.45) is 0 Å². The van der Waals surface area contributed by atoms with Crippen molar-refractivity contribution >= 4 is 18.8 Å². The van der Waals surface area contributed by atoms with Gasteiger partial charge in [0.1, 0.15) is 5.75 Å². The number of nitrogens with zero attached hydrogens (tertiary/aromatic N) is 1. The number of oxazole rings is 1. The van der Waals surface area contributed by atoms with Crippen molar-refractivity contribution in [3.8, 4) is 5.75 Å². The molecule has 2 N–H and O–H groups in total. The van der Waals surface area contributed by atoms with Crippen molar-refractivity contribution in [2.45, 2.75) is 19.3 Å². The van der Waals surface area contributed by atoms with Crippen LogP contribution in [0.1, 0.15) is 33.4 Å². The predicted octanol–water partition coefficient (Wildman–Crippen LogP) is 0.630. The lowest BCUT2D eigenvalue weighted by Gasteiger charge is -2.28. The molecule has 0 bridgehead atoms. The summed E-state index contributed by atoms with van der Waals surface area (Å²) in [6.07, 6.45) is 2.78. The minimum atomic E-state index is -1.25. The van der Waals surface area contributed by atoms with Crippen LogP contribution in [0.25, 0.3) is 0 Å². The van der Waals surface area contributed by atoms with E-state index in [1.807, 2.05) is 0 Å². The molecule has 1 aromatic heterocycles. The fourth-order valence-electron chi connectivity index (χ4n) is 2.39. The van der Waals surface area contributed by atoms with Crippen molar-refractivity contribution in [3.63, 3.8) is 0 Å². The van der Waals surface area contributed by atoms with E-state index in [4.69, 9.17) is 9.07 Å². The highest BCUT2D eigenvalue weighted by Gasteiger charge is 2.37. The van der Waals surface area contributed by atoms with Gasteiger partial charge in [0.25, 0.3) is 5.91 Å². The van der Waals surface area contributed by atoms with Gasteiger partial charge in [-0.15, -0.1) is 0 Å². The molecule has 1 atom stereocenters. The molecule has 0 saturated carbocycles. The van der Waals surface area contributed by atoms with Crippen molar-refractivity contribution in [2.75, 3.05) is 0 Å². The van der Waals surface area contributed by atoms with Crippen LogP contribution in [0, 0.1) is 0 Å². The summed E-state index contributed by atoms with van der Waals surface area (Å²) in [6, 6.07) is 5.18. The van der Waals surface area contributed by atoms with Gasteiger partial charge in [-0.1, -0.05) is 12.1 Å². The maximum atomic E-state index is 11.9. The third kappa shape index (κ3) is 2.60. The first-order valence-electron chi connectivity index (χ1n) is 6.73. The minimum absolute atomic E-state index is 0.0514. The molecule has 22 heavy (non-hydrogen) atoms. The molecule has 0 spiro atoms. The molecule has 0 fully saturated rings. The summed E-state index contributed by atoms with van der Waals surface area (Å²) < 4.78 is 10.3. The Morgan fingerprint density at radius 1 is 1.45 bits per heavy atom. The van der Waals surface area contributed by atoms with Crippen LogP contribution in [0.4, 0.5) is 0 Å². The number of aromatic nitrogens is 1. The van der Waals surface area contributed by atoms with Gasteiger partial charge in [-0.3, -0.25) is 9.59 Å². The Morgan fingerprint density at radius 3 is 2.95 bits per heavy atom. The van der Waals surface area contributed by atoms with Crippen LogP contribution >= 0.6 is 0 Å². The van der Waals surface area contributed by atoms with E-state index in [1.54, 1.807) is 18.2 Å². The maximum absolute atomic E-state index is 11.9. The molecule has 0 aliphatic carbocycles. The Balaban J connectivity index is 1.81. The number of Topliss-reactive ketones (excluding diaryl/α,β-unsaturated/α-hetero) is 1. The molecule has 2 aromatic rings. The van der Waals surface area contributed by atoms with Crippen molar-refractivity contribution in [1.82, 2.24) is 10.3 Å². The van der Waals surface area contributed by atoms with E-state index in [9.17, 15) is 14.6 Å². The summed E-state index contributed by atoms with van der Waals surface area (Å²) in [4.78, 5) is 27.2. The van der Waals surface area contributed by atoms with E-state index in [0.717, 1.165) is 12.0 Å². The standard InChI is InChI=1S/C14H13BN2O5/c1-8(18)10-4-2-3-9-5-12(15(20)22-13(9)10)17-14(19)11-6-16-7-21-11/h2-4,6-7,12,20H,5H2,1H3,(H,17,19)/t12-/m0/s1. The van der Waals surface area contributed by atoms with Gasteiger partial charge in [-0.05, 0) is 25.0 Å². The second kappa shape index (κ2) is 5.65. The summed E-state index contributed by atoms with van der Waals surface area (Å²) in [7, 11) is -1.25. The summed E-state index contributed by atoms with van der Waals surface area (Å²) >= 11 is 0. The highest BCUT2D eigenvalue weighted by molar-refractivity contribution is 6.47. The molecule has 112 valence electrons. The number of ketones is 1. The first-order chi connectivity index (χ1) is 10.6.